The van der Waals surface area contributed by atoms with E-state index in [1.165, 1.54) is 12.3 Å². The van der Waals surface area contributed by atoms with Gasteiger partial charge in [-0.25, -0.2) is 4.39 Å². The predicted octanol–water partition coefficient (Wildman–Crippen LogP) is 2.27. The van der Waals surface area contributed by atoms with Crippen LogP contribution in [0.25, 0.3) is 0 Å². The number of β-amino-alcohol motifs (C(OH)–C–C–N with tert-alkyl or cyclic N) is 1. The smallest absolute Gasteiger partial charge is 0.219 e. The molecule has 2 heterocycles. The number of amides is 1. The number of nitrogens with one attached hydrogen (secondary N) is 1. The number of carbonyl (C=O) groups excluding carboxylic acids is 1. The zero-order chi connectivity index (χ0) is 17.7. The maximum Gasteiger partial charge on any atom is 0.219 e. The molecule has 0 aromatic carbocycles. The molecule has 0 unspecified atom stereocenters. The Morgan fingerprint density at radius 1 is 1.54 bits per heavy atom. The number of carbonyl (C=O) groups is 1. The number of piperidine rings is 1. The second-order valence-electron chi connectivity index (χ2n) is 7.39. The highest BCUT2D eigenvalue weighted by atomic mass is 19.1. The van der Waals surface area contributed by atoms with Crippen molar-refractivity contribution in [2.75, 3.05) is 19.6 Å². The Kier molecular flexibility index (Phi) is 6.29. The molecule has 0 bridgehead atoms. The van der Waals surface area contributed by atoms with E-state index in [0.29, 0.717) is 18.0 Å². The zero-order valence-electron chi connectivity index (χ0n) is 14.8. The van der Waals surface area contributed by atoms with E-state index in [-0.39, 0.29) is 11.4 Å². The van der Waals surface area contributed by atoms with Gasteiger partial charge < -0.3 is 15.3 Å². The van der Waals surface area contributed by atoms with Gasteiger partial charge in [-0.2, -0.15) is 0 Å². The van der Waals surface area contributed by atoms with Crippen LogP contribution in [0.5, 0.6) is 0 Å². The summed E-state index contributed by atoms with van der Waals surface area (Å²) in [6, 6.07) is 1.30. The molecule has 1 saturated heterocycles. The molecule has 6 heteroatoms. The second kappa shape index (κ2) is 8.03. The number of halogens is 1. The summed E-state index contributed by atoms with van der Waals surface area (Å²) >= 11 is 0. The average Bonchev–Trinajstić information content (AvgIpc) is 2.52. The van der Waals surface area contributed by atoms with Crippen LogP contribution in [0, 0.1) is 11.7 Å². The van der Waals surface area contributed by atoms with E-state index in [9.17, 15) is 14.3 Å². The topological polar surface area (TPSA) is 65.5 Å². The molecule has 134 valence electrons. The Labute approximate surface area is 143 Å². The molecule has 2 N–H and O–H groups in total. The van der Waals surface area contributed by atoms with E-state index in [1.807, 2.05) is 4.90 Å². The molecule has 2 rings (SSSR count). The summed E-state index contributed by atoms with van der Waals surface area (Å²) in [5.41, 5.74) is 0.297. The summed E-state index contributed by atoms with van der Waals surface area (Å²) in [5.74, 6) is 0.148. The van der Waals surface area contributed by atoms with Crippen LogP contribution in [0.4, 0.5) is 4.39 Å². The third-order valence-electron chi connectivity index (χ3n) is 4.65. The number of nitrogens with zero attached hydrogens (tertiary/aromatic N) is 2. The van der Waals surface area contributed by atoms with Crippen molar-refractivity contribution in [1.82, 2.24) is 15.2 Å². The van der Waals surface area contributed by atoms with Crippen LogP contribution in [0.3, 0.4) is 0 Å². The van der Waals surface area contributed by atoms with E-state index in [1.54, 1.807) is 6.92 Å². The lowest BCUT2D eigenvalue weighted by molar-refractivity contribution is -0.130. The van der Waals surface area contributed by atoms with Gasteiger partial charge in [0.15, 0.2) is 0 Å². The van der Waals surface area contributed by atoms with Crippen LogP contribution in [0.2, 0.25) is 0 Å². The Bertz CT molecular complexity index is 565. The Hall–Kier alpha value is -1.53. The number of aliphatic hydroxyl groups is 1. The molecule has 24 heavy (non-hydrogen) atoms. The molecule has 1 aliphatic rings. The third-order valence-corrected chi connectivity index (χ3v) is 4.65. The quantitative estimate of drug-likeness (QED) is 0.836. The first-order valence-electron chi connectivity index (χ1n) is 8.56. The summed E-state index contributed by atoms with van der Waals surface area (Å²) < 4.78 is 13.2. The fourth-order valence-corrected chi connectivity index (χ4v) is 3.41. The number of aromatic nitrogens is 1. The van der Waals surface area contributed by atoms with E-state index in [2.05, 4.69) is 24.1 Å². The molecule has 1 aromatic heterocycles. The van der Waals surface area contributed by atoms with E-state index < -0.39 is 11.9 Å². The highest BCUT2D eigenvalue weighted by Crippen LogP contribution is 2.26. The van der Waals surface area contributed by atoms with Crippen LogP contribution in [-0.2, 0) is 4.79 Å². The number of hydrogen-bond donors (Lipinski definition) is 2. The second-order valence-corrected chi connectivity index (χ2v) is 7.39. The van der Waals surface area contributed by atoms with Gasteiger partial charge in [-0.05, 0) is 45.1 Å². The lowest BCUT2D eigenvalue weighted by atomic mass is 9.85. The Balaban J connectivity index is 1.85. The monoisotopic (exact) mass is 337 g/mol. The first kappa shape index (κ1) is 18.8. The van der Waals surface area contributed by atoms with Crippen molar-refractivity contribution in [1.29, 1.82) is 0 Å². The molecule has 0 spiro atoms. The maximum absolute atomic E-state index is 13.2. The third kappa shape index (κ3) is 5.53. The standard InChI is InChI=1S/C18H28FN3O2/c1-13(23)22-6-4-5-14(12-22)8-18(2,3)21-11-17(24)15-7-16(19)10-20-9-15/h7,9-10,14,17,21,24H,4-6,8,11-12H2,1-3H3/t14-,17-/m0/s1. The van der Waals surface area contributed by atoms with Gasteiger partial charge in [0.05, 0.1) is 12.3 Å². The molecule has 2 atom stereocenters. The fraction of sp³-hybridized carbons (Fsp3) is 0.667. The lowest BCUT2D eigenvalue weighted by Crippen LogP contribution is -2.46. The molecule has 1 aromatic rings. The molecule has 1 amide bonds. The van der Waals surface area contributed by atoms with E-state index in [4.69, 9.17) is 0 Å². The first-order valence-corrected chi connectivity index (χ1v) is 8.56. The van der Waals surface area contributed by atoms with Crippen molar-refractivity contribution in [2.45, 2.75) is 51.7 Å². The van der Waals surface area contributed by atoms with Gasteiger partial charge in [-0.3, -0.25) is 9.78 Å². The van der Waals surface area contributed by atoms with Crippen LogP contribution >= 0.6 is 0 Å². The van der Waals surface area contributed by atoms with Crippen LogP contribution in [-0.4, -0.2) is 46.1 Å². The average molecular weight is 337 g/mol. The maximum atomic E-state index is 13.2. The van der Waals surface area contributed by atoms with Gasteiger partial charge in [0, 0.05) is 43.9 Å². The van der Waals surface area contributed by atoms with Gasteiger partial charge in [-0.15, -0.1) is 0 Å². The number of hydrogen-bond acceptors (Lipinski definition) is 4. The number of pyridine rings is 1. The summed E-state index contributed by atoms with van der Waals surface area (Å²) in [6.45, 7) is 7.80. The zero-order valence-corrected chi connectivity index (χ0v) is 14.8. The molecule has 0 saturated carbocycles. The number of rotatable bonds is 6. The van der Waals surface area contributed by atoms with Crippen molar-refractivity contribution >= 4 is 5.91 Å². The van der Waals surface area contributed by atoms with Crippen LogP contribution < -0.4 is 5.32 Å². The van der Waals surface area contributed by atoms with E-state index in [0.717, 1.165) is 38.5 Å². The van der Waals surface area contributed by atoms with Crippen LogP contribution in [0.15, 0.2) is 18.5 Å². The first-order chi connectivity index (χ1) is 11.3. The largest absolute Gasteiger partial charge is 0.387 e. The fourth-order valence-electron chi connectivity index (χ4n) is 3.41. The lowest BCUT2D eigenvalue weighted by Gasteiger charge is -2.37. The minimum absolute atomic E-state index is 0.138. The minimum Gasteiger partial charge on any atom is -0.387 e. The van der Waals surface area contributed by atoms with Crippen molar-refractivity contribution in [3.05, 3.63) is 29.8 Å². The normalized spacial score (nSPS) is 20.0. The molecular formula is C18H28FN3O2. The van der Waals surface area contributed by atoms with Crippen molar-refractivity contribution in [3.8, 4) is 0 Å². The van der Waals surface area contributed by atoms with Gasteiger partial charge in [0.25, 0.3) is 0 Å². The Morgan fingerprint density at radius 2 is 2.29 bits per heavy atom. The summed E-state index contributed by atoms with van der Waals surface area (Å²) in [4.78, 5) is 17.2. The van der Waals surface area contributed by atoms with Gasteiger partial charge in [-0.1, -0.05) is 0 Å². The van der Waals surface area contributed by atoms with Crippen molar-refractivity contribution in [3.63, 3.8) is 0 Å². The number of likely N-dealkylation sites (tertiary alicyclic amines) is 1. The summed E-state index contributed by atoms with van der Waals surface area (Å²) in [5, 5.41) is 13.6. The molecule has 0 radical (unpaired) electrons. The number of aliphatic hydroxyl groups excluding tert-OH is 1. The highest BCUT2D eigenvalue weighted by Gasteiger charge is 2.28. The molecule has 1 aliphatic heterocycles. The summed E-state index contributed by atoms with van der Waals surface area (Å²) in [7, 11) is 0. The molecule has 0 aliphatic carbocycles. The Morgan fingerprint density at radius 3 is 2.96 bits per heavy atom. The summed E-state index contributed by atoms with van der Waals surface area (Å²) in [6.07, 6.45) is 4.88. The van der Waals surface area contributed by atoms with Crippen LogP contribution in [0.1, 0.15) is 51.7 Å². The molecular weight excluding hydrogens is 309 g/mol. The SMILES string of the molecule is CC(=O)N1CCC[C@@H](CC(C)(C)NC[C@H](O)c2cncc(F)c2)C1. The van der Waals surface area contributed by atoms with Gasteiger partial charge >= 0.3 is 0 Å². The van der Waals surface area contributed by atoms with Gasteiger partial charge in [0.1, 0.15) is 5.82 Å². The molecule has 1 fully saturated rings. The van der Waals surface area contributed by atoms with Gasteiger partial charge in [0.2, 0.25) is 5.91 Å². The highest BCUT2D eigenvalue weighted by molar-refractivity contribution is 5.73. The van der Waals surface area contributed by atoms with Crippen molar-refractivity contribution < 1.29 is 14.3 Å². The minimum atomic E-state index is -0.799. The van der Waals surface area contributed by atoms with Crippen molar-refractivity contribution in [2.24, 2.45) is 5.92 Å². The molecule has 5 nitrogen and oxygen atoms in total. The predicted molar refractivity (Wildman–Crippen MR) is 90.8 cm³/mol. The van der Waals surface area contributed by atoms with E-state index >= 15 is 0 Å².